The fourth-order valence-corrected chi connectivity index (χ4v) is 1.49. The number of rotatable bonds is 3. The molecule has 0 aliphatic heterocycles. The summed E-state index contributed by atoms with van der Waals surface area (Å²) in [6.45, 7) is 0.484. The Morgan fingerprint density at radius 3 is 2.60 bits per heavy atom. The quantitative estimate of drug-likeness (QED) is 0.787. The molecule has 2 N–H and O–H groups in total. The topological polar surface area (TPSA) is 58.0 Å². The summed E-state index contributed by atoms with van der Waals surface area (Å²) in [5.74, 6) is -0.0177. The van der Waals surface area contributed by atoms with Crippen LogP contribution in [0.5, 0.6) is 5.88 Å². The van der Waals surface area contributed by atoms with Gasteiger partial charge in [-0.15, -0.1) is 0 Å². The van der Waals surface area contributed by atoms with Crippen molar-refractivity contribution >= 4 is 0 Å². The second-order valence-corrected chi connectivity index (χ2v) is 3.34. The Morgan fingerprint density at radius 2 is 2.00 bits per heavy atom. The summed E-state index contributed by atoms with van der Waals surface area (Å²) in [5.41, 5.74) is 0.869. The largest absolute Gasteiger partial charge is 0.493 e. The monoisotopic (exact) mass is 204 g/mol. The van der Waals surface area contributed by atoms with Crippen LogP contribution in [0.4, 0.5) is 0 Å². The average Bonchev–Trinajstić information content (AvgIpc) is 2.58. The minimum absolute atomic E-state index is 0.0177. The molecule has 4 heteroatoms. The zero-order chi connectivity index (χ0) is 10.7. The predicted molar refractivity (Wildman–Crippen MR) is 56.9 cm³/mol. The Hall–Kier alpha value is -1.97. The standard InChI is InChI=1S/C11H12N2O2/c14-10-8-12-11(15)13(10)7-6-9-4-2-1-3-5-9/h1-5,8,14H,6-7H2,(H,12,15). The van der Waals surface area contributed by atoms with E-state index in [-0.39, 0.29) is 11.6 Å². The van der Waals surface area contributed by atoms with Crippen LogP contribution in [0, 0.1) is 0 Å². The summed E-state index contributed by atoms with van der Waals surface area (Å²) in [7, 11) is 0. The number of H-pyrrole nitrogens is 1. The minimum atomic E-state index is -0.275. The Morgan fingerprint density at radius 1 is 1.27 bits per heavy atom. The van der Waals surface area contributed by atoms with Crippen LogP contribution in [0.3, 0.4) is 0 Å². The van der Waals surface area contributed by atoms with E-state index in [9.17, 15) is 9.90 Å². The number of imidazole rings is 1. The van der Waals surface area contributed by atoms with E-state index in [2.05, 4.69) is 4.98 Å². The second kappa shape index (κ2) is 4.04. The highest BCUT2D eigenvalue weighted by Gasteiger charge is 2.03. The normalized spacial score (nSPS) is 10.4. The summed E-state index contributed by atoms with van der Waals surface area (Å²) in [6, 6.07) is 9.84. The first-order valence-electron chi connectivity index (χ1n) is 4.78. The van der Waals surface area contributed by atoms with Crippen LogP contribution in [-0.4, -0.2) is 14.7 Å². The lowest BCUT2D eigenvalue weighted by atomic mass is 10.1. The van der Waals surface area contributed by atoms with Crippen molar-refractivity contribution in [1.29, 1.82) is 0 Å². The fourth-order valence-electron chi connectivity index (χ4n) is 1.49. The Bertz CT molecular complexity index is 485. The van der Waals surface area contributed by atoms with Crippen LogP contribution in [0.15, 0.2) is 41.3 Å². The third-order valence-corrected chi connectivity index (χ3v) is 2.31. The van der Waals surface area contributed by atoms with Gasteiger partial charge in [0.15, 0.2) is 0 Å². The molecule has 1 aromatic heterocycles. The third-order valence-electron chi connectivity index (χ3n) is 2.31. The van der Waals surface area contributed by atoms with Crippen molar-refractivity contribution in [3.63, 3.8) is 0 Å². The molecule has 2 aromatic rings. The van der Waals surface area contributed by atoms with Gasteiger partial charge in [-0.25, -0.2) is 4.79 Å². The zero-order valence-electron chi connectivity index (χ0n) is 8.18. The molecular formula is C11H12N2O2. The number of nitrogens with zero attached hydrogens (tertiary/aromatic N) is 1. The lowest BCUT2D eigenvalue weighted by Crippen LogP contribution is -2.17. The Balaban J connectivity index is 2.09. The van der Waals surface area contributed by atoms with Gasteiger partial charge in [0, 0.05) is 6.54 Å². The number of hydrogen-bond donors (Lipinski definition) is 2. The number of hydrogen-bond acceptors (Lipinski definition) is 2. The van der Waals surface area contributed by atoms with Crippen LogP contribution in [-0.2, 0) is 13.0 Å². The zero-order valence-corrected chi connectivity index (χ0v) is 8.18. The van der Waals surface area contributed by atoms with Crippen molar-refractivity contribution in [3.8, 4) is 5.88 Å². The molecule has 1 aromatic carbocycles. The second-order valence-electron chi connectivity index (χ2n) is 3.34. The van der Waals surface area contributed by atoms with E-state index in [0.29, 0.717) is 6.54 Å². The summed E-state index contributed by atoms with van der Waals surface area (Å²) >= 11 is 0. The van der Waals surface area contributed by atoms with E-state index < -0.39 is 0 Å². The van der Waals surface area contributed by atoms with E-state index in [1.54, 1.807) is 0 Å². The van der Waals surface area contributed by atoms with Crippen molar-refractivity contribution in [2.75, 3.05) is 0 Å². The smallest absolute Gasteiger partial charge is 0.328 e. The summed E-state index contributed by atoms with van der Waals surface area (Å²) in [4.78, 5) is 13.6. The molecule has 0 amide bonds. The first-order valence-corrected chi connectivity index (χ1v) is 4.78. The van der Waals surface area contributed by atoms with Gasteiger partial charge in [0.2, 0.25) is 5.88 Å². The maximum Gasteiger partial charge on any atom is 0.328 e. The lowest BCUT2D eigenvalue weighted by Gasteiger charge is -2.02. The highest BCUT2D eigenvalue weighted by atomic mass is 16.3. The first-order chi connectivity index (χ1) is 7.27. The molecule has 78 valence electrons. The van der Waals surface area contributed by atoms with E-state index in [4.69, 9.17) is 0 Å². The molecule has 0 spiro atoms. The predicted octanol–water partition coefficient (Wildman–Crippen LogP) is 1.12. The van der Waals surface area contributed by atoms with Gasteiger partial charge in [-0.1, -0.05) is 30.3 Å². The fraction of sp³-hybridized carbons (Fsp3) is 0.182. The summed E-state index contributed by atoms with van der Waals surface area (Å²) < 4.78 is 1.31. The molecule has 15 heavy (non-hydrogen) atoms. The van der Waals surface area contributed by atoms with Gasteiger partial charge >= 0.3 is 5.69 Å². The van der Waals surface area contributed by atoms with Crippen molar-refractivity contribution in [1.82, 2.24) is 9.55 Å². The van der Waals surface area contributed by atoms with E-state index in [1.807, 2.05) is 30.3 Å². The van der Waals surface area contributed by atoms with Gasteiger partial charge in [-0.05, 0) is 12.0 Å². The van der Waals surface area contributed by atoms with E-state index in [1.165, 1.54) is 10.8 Å². The van der Waals surface area contributed by atoms with Crippen LogP contribution >= 0.6 is 0 Å². The molecular weight excluding hydrogens is 192 g/mol. The number of aromatic nitrogens is 2. The van der Waals surface area contributed by atoms with Gasteiger partial charge in [-0.3, -0.25) is 4.57 Å². The SMILES string of the molecule is O=c1[nH]cc(O)n1CCc1ccccc1. The highest BCUT2D eigenvalue weighted by Crippen LogP contribution is 2.06. The van der Waals surface area contributed by atoms with Gasteiger partial charge in [-0.2, -0.15) is 0 Å². The minimum Gasteiger partial charge on any atom is -0.493 e. The molecule has 0 saturated heterocycles. The van der Waals surface area contributed by atoms with Crippen LogP contribution in [0.25, 0.3) is 0 Å². The van der Waals surface area contributed by atoms with Gasteiger partial charge in [0.1, 0.15) is 0 Å². The molecule has 4 nitrogen and oxygen atoms in total. The number of aromatic amines is 1. The number of aryl methyl sites for hydroxylation is 1. The third kappa shape index (κ3) is 2.10. The molecule has 0 aliphatic carbocycles. The van der Waals surface area contributed by atoms with Gasteiger partial charge in [0.05, 0.1) is 6.20 Å². The molecule has 0 radical (unpaired) electrons. The van der Waals surface area contributed by atoms with Gasteiger partial charge in [0.25, 0.3) is 0 Å². The molecule has 2 rings (SSSR count). The first kappa shape index (κ1) is 9.58. The van der Waals surface area contributed by atoms with Crippen LogP contribution in [0.1, 0.15) is 5.56 Å². The van der Waals surface area contributed by atoms with E-state index >= 15 is 0 Å². The maximum absolute atomic E-state index is 11.2. The molecule has 0 unspecified atom stereocenters. The number of nitrogens with one attached hydrogen (secondary N) is 1. The summed E-state index contributed by atoms with van der Waals surface area (Å²) in [5, 5.41) is 9.34. The Labute approximate surface area is 86.8 Å². The number of benzene rings is 1. The van der Waals surface area contributed by atoms with Crippen LogP contribution in [0.2, 0.25) is 0 Å². The van der Waals surface area contributed by atoms with Crippen molar-refractivity contribution in [2.24, 2.45) is 0 Å². The van der Waals surface area contributed by atoms with Crippen molar-refractivity contribution < 1.29 is 5.11 Å². The molecule has 0 fully saturated rings. The molecule has 1 heterocycles. The van der Waals surface area contributed by atoms with Crippen molar-refractivity contribution in [2.45, 2.75) is 13.0 Å². The van der Waals surface area contributed by atoms with Crippen molar-refractivity contribution in [3.05, 3.63) is 52.6 Å². The lowest BCUT2D eigenvalue weighted by molar-refractivity contribution is 0.413. The van der Waals surface area contributed by atoms with E-state index in [0.717, 1.165) is 12.0 Å². The van der Waals surface area contributed by atoms with Gasteiger partial charge < -0.3 is 10.1 Å². The summed E-state index contributed by atoms with van der Waals surface area (Å²) in [6.07, 6.45) is 2.03. The molecule has 0 saturated carbocycles. The molecule has 0 atom stereocenters. The average molecular weight is 204 g/mol. The van der Waals surface area contributed by atoms with Crippen LogP contribution < -0.4 is 5.69 Å². The maximum atomic E-state index is 11.2. The highest BCUT2D eigenvalue weighted by molar-refractivity contribution is 5.15. The Kier molecular flexibility index (Phi) is 2.58. The molecule has 0 bridgehead atoms. The molecule has 0 aliphatic rings. The number of aromatic hydroxyl groups is 1.